The molecule has 0 aliphatic carbocycles. The van der Waals surface area contributed by atoms with Gasteiger partial charge in [0.15, 0.2) is 0 Å². The molecule has 0 saturated carbocycles. The number of amides is 1. The van der Waals surface area contributed by atoms with Gasteiger partial charge in [-0.1, -0.05) is 0 Å². The van der Waals surface area contributed by atoms with Gasteiger partial charge in [0.05, 0.1) is 11.3 Å². The first-order valence-corrected chi connectivity index (χ1v) is 9.26. The van der Waals surface area contributed by atoms with Gasteiger partial charge in [-0.2, -0.15) is 13.2 Å². The lowest BCUT2D eigenvalue weighted by molar-refractivity contribution is -0.137. The molecule has 1 amide bonds. The molecule has 1 aliphatic rings. The smallest absolute Gasteiger partial charge is 0.354 e. The molecule has 9 heteroatoms. The van der Waals surface area contributed by atoms with Crippen LogP contribution in [0.3, 0.4) is 0 Å². The second kappa shape index (κ2) is 8.16. The van der Waals surface area contributed by atoms with Crippen molar-refractivity contribution in [2.75, 3.05) is 23.7 Å². The first kappa shape index (κ1) is 19.5. The van der Waals surface area contributed by atoms with Gasteiger partial charge in [0.1, 0.15) is 11.6 Å². The van der Waals surface area contributed by atoms with Gasteiger partial charge >= 0.3 is 6.18 Å². The Morgan fingerprint density at radius 1 is 1.22 bits per heavy atom. The van der Waals surface area contributed by atoms with Crippen LogP contribution in [0.2, 0.25) is 0 Å². The summed E-state index contributed by atoms with van der Waals surface area (Å²) < 4.78 is 50.6. The minimum Gasteiger partial charge on any atom is -0.354 e. The van der Waals surface area contributed by atoms with Gasteiger partial charge in [0, 0.05) is 30.2 Å². The summed E-state index contributed by atoms with van der Waals surface area (Å²) in [5, 5.41) is 2.91. The molecule has 1 aromatic carbocycles. The normalized spacial score (nSPS) is 17.2. The maximum atomic E-state index is 12.9. The van der Waals surface area contributed by atoms with Crippen molar-refractivity contribution in [1.82, 2.24) is 10.3 Å². The molecular formula is C18H17F4N3OS. The van der Waals surface area contributed by atoms with E-state index in [1.165, 1.54) is 30.0 Å². The number of nitrogens with zero attached hydrogens (tertiary/aromatic N) is 2. The summed E-state index contributed by atoms with van der Waals surface area (Å²) >= 11 is 1.31. The number of aromatic nitrogens is 1. The maximum absolute atomic E-state index is 12.9. The number of carbonyl (C=O) groups is 1. The number of halogens is 4. The number of rotatable bonds is 5. The molecule has 2 heterocycles. The summed E-state index contributed by atoms with van der Waals surface area (Å²) in [6.45, 7) is 1.10. The standard InChI is InChI=1S/C18H17F4N3OS/c19-13-2-4-15(5-3-13)27-11-17(26)24-14-7-8-25(10-14)16-6-1-12(9-23-16)18(20,21)22/h1-6,9,14H,7-8,10-11H2,(H,24,26)/t14-/m1/s1. The van der Waals surface area contributed by atoms with Crippen LogP contribution in [0.25, 0.3) is 0 Å². The van der Waals surface area contributed by atoms with E-state index < -0.39 is 11.7 Å². The molecule has 144 valence electrons. The molecule has 1 N–H and O–H groups in total. The van der Waals surface area contributed by atoms with Gasteiger partial charge in [-0.05, 0) is 42.8 Å². The summed E-state index contributed by atoms with van der Waals surface area (Å²) in [5.74, 6) is 0.199. The molecule has 1 saturated heterocycles. The van der Waals surface area contributed by atoms with Crippen LogP contribution < -0.4 is 10.2 Å². The Balaban J connectivity index is 1.47. The van der Waals surface area contributed by atoms with E-state index in [1.54, 1.807) is 12.1 Å². The van der Waals surface area contributed by atoms with Crippen LogP contribution in [0, 0.1) is 5.82 Å². The van der Waals surface area contributed by atoms with E-state index >= 15 is 0 Å². The molecule has 0 spiro atoms. The van der Waals surface area contributed by atoms with Gasteiger partial charge in [-0.15, -0.1) is 11.8 Å². The third-order valence-electron chi connectivity index (χ3n) is 4.14. The van der Waals surface area contributed by atoms with Crippen LogP contribution in [-0.2, 0) is 11.0 Å². The highest BCUT2D eigenvalue weighted by Gasteiger charge is 2.31. The Hall–Kier alpha value is -2.29. The van der Waals surface area contributed by atoms with Crippen molar-refractivity contribution < 1.29 is 22.4 Å². The molecule has 0 unspecified atom stereocenters. The molecule has 2 aromatic rings. The number of carbonyl (C=O) groups excluding carboxylic acids is 1. The molecule has 0 radical (unpaired) electrons. The van der Waals surface area contributed by atoms with Gasteiger partial charge in [0.2, 0.25) is 5.91 Å². The zero-order chi connectivity index (χ0) is 19.4. The first-order chi connectivity index (χ1) is 12.8. The van der Waals surface area contributed by atoms with Crippen molar-refractivity contribution >= 4 is 23.5 Å². The number of hydrogen-bond donors (Lipinski definition) is 1. The summed E-state index contributed by atoms with van der Waals surface area (Å²) in [6.07, 6.45) is -2.90. The van der Waals surface area contributed by atoms with Crippen LogP contribution in [0.1, 0.15) is 12.0 Å². The SMILES string of the molecule is O=C(CSc1ccc(F)cc1)N[C@@H]1CCN(c2ccc(C(F)(F)F)cn2)C1. The predicted molar refractivity (Wildman–Crippen MR) is 95.1 cm³/mol. The Labute approximate surface area is 158 Å². The quantitative estimate of drug-likeness (QED) is 0.615. The largest absolute Gasteiger partial charge is 0.417 e. The monoisotopic (exact) mass is 399 g/mol. The van der Waals surface area contributed by atoms with Crippen molar-refractivity contribution in [2.45, 2.75) is 23.5 Å². The van der Waals surface area contributed by atoms with Crippen LogP contribution >= 0.6 is 11.8 Å². The summed E-state index contributed by atoms with van der Waals surface area (Å²) in [6, 6.07) is 8.17. The fourth-order valence-electron chi connectivity index (χ4n) is 2.78. The second-order valence-corrected chi connectivity index (χ2v) is 7.19. The topological polar surface area (TPSA) is 45.2 Å². The van der Waals surface area contributed by atoms with Crippen LogP contribution in [0.5, 0.6) is 0 Å². The number of anilines is 1. The maximum Gasteiger partial charge on any atom is 0.417 e. The van der Waals surface area contributed by atoms with Gasteiger partial charge < -0.3 is 10.2 Å². The van der Waals surface area contributed by atoms with E-state index in [0.29, 0.717) is 25.3 Å². The van der Waals surface area contributed by atoms with Crippen molar-refractivity contribution in [3.8, 4) is 0 Å². The van der Waals surface area contributed by atoms with Crippen molar-refractivity contribution in [2.24, 2.45) is 0 Å². The summed E-state index contributed by atoms with van der Waals surface area (Å²) in [7, 11) is 0. The van der Waals surface area contributed by atoms with E-state index in [9.17, 15) is 22.4 Å². The third kappa shape index (κ3) is 5.35. The highest BCUT2D eigenvalue weighted by Crippen LogP contribution is 2.30. The van der Waals surface area contributed by atoms with E-state index in [1.807, 2.05) is 4.90 Å². The Kier molecular flexibility index (Phi) is 5.88. The molecule has 1 aliphatic heterocycles. The highest BCUT2D eigenvalue weighted by atomic mass is 32.2. The third-order valence-corrected chi connectivity index (χ3v) is 5.15. The zero-order valence-electron chi connectivity index (χ0n) is 14.2. The number of benzene rings is 1. The number of pyridine rings is 1. The van der Waals surface area contributed by atoms with E-state index in [4.69, 9.17) is 0 Å². The molecule has 1 fully saturated rings. The van der Waals surface area contributed by atoms with Crippen LogP contribution in [-0.4, -0.2) is 35.8 Å². The number of nitrogens with one attached hydrogen (secondary N) is 1. The Morgan fingerprint density at radius 3 is 2.59 bits per heavy atom. The van der Waals surface area contributed by atoms with Crippen molar-refractivity contribution in [3.63, 3.8) is 0 Å². The molecule has 4 nitrogen and oxygen atoms in total. The van der Waals surface area contributed by atoms with Crippen LogP contribution in [0.15, 0.2) is 47.5 Å². The lowest BCUT2D eigenvalue weighted by Crippen LogP contribution is -2.38. The lowest BCUT2D eigenvalue weighted by Gasteiger charge is -2.18. The number of alkyl halides is 3. The number of thioether (sulfide) groups is 1. The molecular weight excluding hydrogens is 382 g/mol. The molecule has 0 bridgehead atoms. The molecule has 1 aromatic heterocycles. The first-order valence-electron chi connectivity index (χ1n) is 8.27. The van der Waals surface area contributed by atoms with Crippen molar-refractivity contribution in [3.05, 3.63) is 54.0 Å². The molecule has 27 heavy (non-hydrogen) atoms. The average molecular weight is 399 g/mol. The van der Waals surface area contributed by atoms with E-state index in [-0.39, 0.29) is 23.5 Å². The Bertz CT molecular complexity index is 781. The molecule has 1 atom stereocenters. The van der Waals surface area contributed by atoms with Gasteiger partial charge in [-0.25, -0.2) is 9.37 Å². The van der Waals surface area contributed by atoms with Crippen molar-refractivity contribution in [1.29, 1.82) is 0 Å². The highest BCUT2D eigenvalue weighted by molar-refractivity contribution is 8.00. The van der Waals surface area contributed by atoms with E-state index in [0.717, 1.165) is 17.2 Å². The fourth-order valence-corrected chi connectivity index (χ4v) is 3.49. The number of hydrogen-bond acceptors (Lipinski definition) is 4. The average Bonchev–Trinajstić information content (AvgIpc) is 3.09. The fraction of sp³-hybridized carbons (Fsp3) is 0.333. The minimum atomic E-state index is -4.41. The van der Waals surface area contributed by atoms with Gasteiger partial charge in [0.25, 0.3) is 0 Å². The summed E-state index contributed by atoms with van der Waals surface area (Å²) in [5.41, 5.74) is -0.784. The van der Waals surface area contributed by atoms with Gasteiger partial charge in [-0.3, -0.25) is 4.79 Å². The lowest BCUT2D eigenvalue weighted by atomic mass is 10.2. The van der Waals surface area contributed by atoms with E-state index in [2.05, 4.69) is 10.3 Å². The zero-order valence-corrected chi connectivity index (χ0v) is 15.0. The summed E-state index contributed by atoms with van der Waals surface area (Å²) in [4.78, 5) is 18.6. The second-order valence-electron chi connectivity index (χ2n) is 6.14. The molecule has 3 rings (SSSR count). The van der Waals surface area contributed by atoms with Crippen LogP contribution in [0.4, 0.5) is 23.4 Å². The minimum absolute atomic E-state index is 0.0876. The predicted octanol–water partition coefficient (Wildman–Crippen LogP) is 3.73. The Morgan fingerprint density at radius 2 is 1.96 bits per heavy atom.